The molecule has 1 aliphatic heterocycles. The Bertz CT molecular complexity index is 920. The fourth-order valence-corrected chi connectivity index (χ4v) is 4.13. The average Bonchev–Trinajstić information content (AvgIpc) is 3.39. The third-order valence-corrected chi connectivity index (χ3v) is 5.49. The van der Waals surface area contributed by atoms with E-state index < -0.39 is 0 Å². The average molecular weight is 380 g/mol. The molecule has 2 heterocycles. The van der Waals surface area contributed by atoms with E-state index in [0.29, 0.717) is 18.9 Å². The molecule has 0 atom stereocenters. The molecular weight excluding hydrogens is 352 g/mol. The normalized spacial score (nSPS) is 16.2. The van der Waals surface area contributed by atoms with Crippen LogP contribution < -0.4 is 5.32 Å². The maximum absolute atomic E-state index is 13.0. The first-order chi connectivity index (χ1) is 13.3. The van der Waals surface area contributed by atoms with E-state index in [2.05, 4.69) is 30.2 Å². The zero-order chi connectivity index (χ0) is 20.0. The van der Waals surface area contributed by atoms with Crippen LogP contribution in [0, 0.1) is 19.8 Å². The van der Waals surface area contributed by atoms with E-state index in [1.165, 1.54) is 0 Å². The van der Waals surface area contributed by atoms with Gasteiger partial charge in [0.15, 0.2) is 5.82 Å². The van der Waals surface area contributed by atoms with Gasteiger partial charge < -0.3 is 14.8 Å². The van der Waals surface area contributed by atoms with E-state index in [0.717, 1.165) is 47.5 Å². The Morgan fingerprint density at radius 1 is 1.14 bits per heavy atom. The number of amides is 2. The second kappa shape index (κ2) is 7.08. The predicted molar refractivity (Wildman–Crippen MR) is 108 cm³/mol. The van der Waals surface area contributed by atoms with Crippen molar-refractivity contribution in [2.45, 2.75) is 59.5 Å². The molecule has 1 aliphatic carbocycles. The van der Waals surface area contributed by atoms with E-state index in [-0.39, 0.29) is 23.8 Å². The molecule has 0 radical (unpaired) electrons. The topological polar surface area (TPSA) is 67.2 Å². The highest BCUT2D eigenvalue weighted by Gasteiger charge is 2.36. The number of benzene rings is 1. The van der Waals surface area contributed by atoms with Gasteiger partial charge in [-0.25, -0.2) is 4.98 Å². The molecule has 0 unspecified atom stereocenters. The summed E-state index contributed by atoms with van der Waals surface area (Å²) < 4.78 is 2.03. The van der Waals surface area contributed by atoms with Crippen molar-refractivity contribution in [3.8, 4) is 0 Å². The molecule has 0 spiro atoms. The summed E-state index contributed by atoms with van der Waals surface area (Å²) >= 11 is 0. The number of nitrogens with zero attached hydrogens (tertiary/aromatic N) is 3. The Balaban J connectivity index is 1.62. The summed E-state index contributed by atoms with van der Waals surface area (Å²) in [6.07, 6.45) is 2.76. The van der Waals surface area contributed by atoms with Crippen molar-refractivity contribution < 1.29 is 9.59 Å². The summed E-state index contributed by atoms with van der Waals surface area (Å²) in [5.41, 5.74) is 4.94. The number of anilines is 1. The highest BCUT2D eigenvalue weighted by atomic mass is 16.2. The van der Waals surface area contributed by atoms with Crippen LogP contribution in [0.1, 0.15) is 65.9 Å². The third-order valence-electron chi connectivity index (χ3n) is 5.49. The van der Waals surface area contributed by atoms with Gasteiger partial charge in [-0.1, -0.05) is 6.07 Å². The van der Waals surface area contributed by atoms with Crippen LogP contribution in [0.4, 0.5) is 5.69 Å². The van der Waals surface area contributed by atoms with Crippen molar-refractivity contribution in [3.63, 3.8) is 0 Å². The van der Waals surface area contributed by atoms with E-state index in [1.54, 1.807) is 0 Å². The van der Waals surface area contributed by atoms with Crippen molar-refractivity contribution in [2.75, 3.05) is 11.9 Å². The number of rotatable bonds is 4. The van der Waals surface area contributed by atoms with Crippen molar-refractivity contribution >= 4 is 17.5 Å². The van der Waals surface area contributed by atoms with Gasteiger partial charge in [-0.3, -0.25) is 9.59 Å². The van der Waals surface area contributed by atoms with Crippen LogP contribution in [0.3, 0.4) is 0 Å². The van der Waals surface area contributed by atoms with Crippen LogP contribution in [0.15, 0.2) is 18.2 Å². The zero-order valence-corrected chi connectivity index (χ0v) is 17.1. The number of carbonyl (C=O) groups excluding carboxylic acids is 2. The molecular formula is C22H28N4O2. The lowest BCUT2D eigenvalue weighted by Crippen LogP contribution is -2.37. The quantitative estimate of drug-likeness (QED) is 0.881. The summed E-state index contributed by atoms with van der Waals surface area (Å²) in [5.74, 6) is 0.681. The summed E-state index contributed by atoms with van der Waals surface area (Å²) in [6.45, 7) is 9.38. The van der Waals surface area contributed by atoms with E-state index in [4.69, 9.17) is 0 Å². The molecule has 1 aromatic heterocycles. The largest absolute Gasteiger partial charge is 0.336 e. The van der Waals surface area contributed by atoms with Gasteiger partial charge in [0.25, 0.3) is 5.91 Å². The zero-order valence-electron chi connectivity index (χ0n) is 17.1. The van der Waals surface area contributed by atoms with Crippen LogP contribution in [0.5, 0.6) is 0 Å². The maximum atomic E-state index is 13.0. The molecule has 0 saturated heterocycles. The summed E-state index contributed by atoms with van der Waals surface area (Å²) in [6, 6.07) is 6.13. The van der Waals surface area contributed by atoms with E-state index in [9.17, 15) is 9.59 Å². The minimum Gasteiger partial charge on any atom is -0.336 e. The van der Waals surface area contributed by atoms with Gasteiger partial charge in [-0.15, -0.1) is 0 Å². The Labute approximate surface area is 165 Å². The van der Waals surface area contributed by atoms with Crippen LogP contribution in [0.25, 0.3) is 0 Å². The number of nitrogens with one attached hydrogen (secondary N) is 1. The Hall–Kier alpha value is -2.63. The highest BCUT2D eigenvalue weighted by molar-refractivity contribution is 6.02. The fraction of sp³-hybridized carbons (Fsp3) is 0.500. The van der Waals surface area contributed by atoms with Crippen LogP contribution in [-0.2, 0) is 17.8 Å². The van der Waals surface area contributed by atoms with Crippen LogP contribution >= 0.6 is 0 Å². The molecule has 6 nitrogen and oxygen atoms in total. The monoisotopic (exact) mass is 380 g/mol. The highest BCUT2D eigenvalue weighted by Crippen LogP contribution is 2.33. The van der Waals surface area contributed by atoms with Gasteiger partial charge in [0, 0.05) is 36.3 Å². The molecule has 28 heavy (non-hydrogen) atoms. The minimum absolute atomic E-state index is 0.127. The smallest absolute Gasteiger partial charge is 0.291 e. The number of imidazole rings is 1. The number of aryl methyl sites for hydroxylation is 2. The van der Waals surface area contributed by atoms with Crippen molar-refractivity contribution in [2.24, 2.45) is 5.92 Å². The predicted octanol–water partition coefficient (Wildman–Crippen LogP) is 3.63. The van der Waals surface area contributed by atoms with Gasteiger partial charge in [0.05, 0.1) is 12.2 Å². The SMILES string of the molecule is Cc1cc(C)cc(NC(=O)c2nc3c(n2C(C)C)CCN(C(=O)C2CC2)C3)c1. The van der Waals surface area contributed by atoms with Gasteiger partial charge in [-0.05, 0) is 63.8 Å². The Kier molecular flexibility index (Phi) is 4.73. The minimum atomic E-state index is -0.201. The van der Waals surface area contributed by atoms with Crippen molar-refractivity contribution in [1.29, 1.82) is 0 Å². The maximum Gasteiger partial charge on any atom is 0.291 e. The molecule has 6 heteroatoms. The second-order valence-corrected chi connectivity index (χ2v) is 8.41. The first kappa shape index (κ1) is 18.7. The van der Waals surface area contributed by atoms with E-state index in [1.807, 2.05) is 35.4 Å². The van der Waals surface area contributed by atoms with Gasteiger partial charge >= 0.3 is 0 Å². The second-order valence-electron chi connectivity index (χ2n) is 8.41. The lowest BCUT2D eigenvalue weighted by Gasteiger charge is -2.28. The van der Waals surface area contributed by atoms with Crippen LogP contribution in [0.2, 0.25) is 0 Å². The number of hydrogen-bond donors (Lipinski definition) is 1. The third kappa shape index (κ3) is 3.55. The molecule has 1 fully saturated rings. The molecule has 2 aliphatic rings. The summed E-state index contributed by atoms with van der Waals surface area (Å²) in [7, 11) is 0. The van der Waals surface area contributed by atoms with Crippen molar-refractivity contribution in [1.82, 2.24) is 14.5 Å². The molecule has 148 valence electrons. The Morgan fingerprint density at radius 2 is 1.82 bits per heavy atom. The molecule has 2 aromatic rings. The number of carbonyl (C=O) groups is 2. The molecule has 4 rings (SSSR count). The molecule has 1 N–H and O–H groups in total. The molecule has 1 aromatic carbocycles. The lowest BCUT2D eigenvalue weighted by atomic mass is 10.1. The number of hydrogen-bond acceptors (Lipinski definition) is 3. The van der Waals surface area contributed by atoms with Crippen molar-refractivity contribution in [3.05, 3.63) is 46.5 Å². The van der Waals surface area contributed by atoms with Gasteiger partial charge in [-0.2, -0.15) is 0 Å². The lowest BCUT2D eigenvalue weighted by molar-refractivity contribution is -0.133. The molecule has 2 amide bonds. The van der Waals surface area contributed by atoms with Gasteiger partial charge in [0.2, 0.25) is 5.91 Å². The number of fused-ring (bicyclic) bond motifs is 1. The standard InChI is InChI=1S/C22H28N4O2/c1-13(2)26-19-7-8-25(22(28)16-5-6-16)12-18(19)24-20(26)21(27)23-17-10-14(3)9-15(4)11-17/h9-11,13,16H,5-8,12H2,1-4H3,(H,23,27). The first-order valence-corrected chi connectivity index (χ1v) is 10.1. The molecule has 0 bridgehead atoms. The Morgan fingerprint density at radius 3 is 2.43 bits per heavy atom. The summed E-state index contributed by atoms with van der Waals surface area (Å²) in [5, 5.41) is 3.00. The summed E-state index contributed by atoms with van der Waals surface area (Å²) in [4.78, 5) is 32.1. The molecule has 1 saturated carbocycles. The van der Waals surface area contributed by atoms with Crippen LogP contribution in [-0.4, -0.2) is 32.8 Å². The first-order valence-electron chi connectivity index (χ1n) is 10.1. The van der Waals surface area contributed by atoms with E-state index >= 15 is 0 Å². The number of aromatic nitrogens is 2. The van der Waals surface area contributed by atoms with Gasteiger partial charge in [0.1, 0.15) is 0 Å². The fourth-order valence-electron chi connectivity index (χ4n) is 4.13.